The fraction of sp³-hybridized carbons (Fsp3) is 0.409. The summed E-state index contributed by atoms with van der Waals surface area (Å²) in [7, 11) is 0. The molecule has 3 nitrogen and oxygen atoms in total. The monoisotopic (exact) mass is 365 g/mol. The van der Waals surface area contributed by atoms with Crippen LogP contribution >= 0.6 is 12.6 Å². The summed E-state index contributed by atoms with van der Waals surface area (Å²) < 4.78 is 0. The third kappa shape index (κ3) is 5.27. The molecule has 0 aromatic heterocycles. The lowest BCUT2D eigenvalue weighted by Crippen LogP contribution is -2.47. The molecule has 3 rings (SSSR count). The average Bonchev–Trinajstić information content (AvgIpc) is 2.68. The topological polar surface area (TPSA) is 30.3 Å². The van der Waals surface area contributed by atoms with Crippen LogP contribution in [-0.2, 0) is 6.42 Å². The quantitative estimate of drug-likeness (QED) is 0.777. The Labute approximate surface area is 162 Å². The van der Waals surface area contributed by atoms with Crippen LogP contribution in [-0.4, -0.2) is 37.6 Å². The van der Waals surface area contributed by atoms with E-state index in [0.29, 0.717) is 5.92 Å². The lowest BCUT2D eigenvalue weighted by Gasteiger charge is -2.37. The third-order valence-corrected chi connectivity index (χ3v) is 5.46. The largest absolute Gasteiger partial charge is 0.369 e. The van der Waals surface area contributed by atoms with Gasteiger partial charge in [0.2, 0.25) is 0 Å². The van der Waals surface area contributed by atoms with Gasteiger partial charge in [0.1, 0.15) is 0 Å². The van der Waals surface area contributed by atoms with Gasteiger partial charge in [0.05, 0.1) is 11.6 Å². The highest BCUT2D eigenvalue weighted by molar-refractivity contribution is 7.80. The number of hydrogen-bond acceptors (Lipinski definition) is 4. The number of piperazine rings is 1. The Balaban J connectivity index is 1.40. The molecule has 2 aromatic carbocycles. The van der Waals surface area contributed by atoms with Crippen molar-refractivity contribution in [1.82, 2.24) is 4.90 Å². The highest BCUT2D eigenvalue weighted by Crippen LogP contribution is 2.19. The standard InChI is InChI=1S/C22H27N3S/c1-18(2-3-19-4-6-20(16-23)7-5-19)17-24-12-14-25(15-13-24)21-8-10-22(26)11-9-21/h4-11,18,26H,2-3,12-15,17H2,1H3. The first-order chi connectivity index (χ1) is 12.6. The SMILES string of the molecule is CC(CCc1ccc(C#N)cc1)CN1CCN(c2ccc(S)cc2)CC1. The molecule has 1 fully saturated rings. The molecule has 1 unspecified atom stereocenters. The van der Waals surface area contributed by atoms with E-state index in [1.54, 1.807) is 0 Å². The predicted molar refractivity (Wildman–Crippen MR) is 111 cm³/mol. The van der Waals surface area contributed by atoms with Crippen LogP contribution in [0, 0.1) is 17.2 Å². The van der Waals surface area contributed by atoms with Crippen LogP contribution in [0.25, 0.3) is 0 Å². The molecule has 136 valence electrons. The van der Waals surface area contributed by atoms with Crippen molar-refractivity contribution in [2.75, 3.05) is 37.6 Å². The van der Waals surface area contributed by atoms with Gasteiger partial charge in [0, 0.05) is 43.3 Å². The molecule has 0 bridgehead atoms. The number of thiol groups is 1. The van der Waals surface area contributed by atoms with Crippen molar-refractivity contribution in [2.45, 2.75) is 24.7 Å². The summed E-state index contributed by atoms with van der Waals surface area (Å²) in [6, 6.07) is 18.6. The predicted octanol–water partition coefficient (Wildman–Crippen LogP) is 4.24. The second-order valence-electron chi connectivity index (χ2n) is 7.26. The summed E-state index contributed by atoms with van der Waals surface area (Å²) in [5.74, 6) is 0.681. The van der Waals surface area contributed by atoms with Crippen molar-refractivity contribution in [3.63, 3.8) is 0 Å². The Morgan fingerprint density at radius 2 is 1.65 bits per heavy atom. The van der Waals surface area contributed by atoms with Crippen LogP contribution in [0.4, 0.5) is 5.69 Å². The van der Waals surface area contributed by atoms with Gasteiger partial charge in [-0.2, -0.15) is 5.26 Å². The maximum atomic E-state index is 8.87. The molecule has 1 aliphatic heterocycles. The Hall–Kier alpha value is -1.96. The molecule has 4 heteroatoms. The van der Waals surface area contributed by atoms with Gasteiger partial charge in [0.25, 0.3) is 0 Å². The van der Waals surface area contributed by atoms with Crippen LogP contribution in [0.3, 0.4) is 0 Å². The lowest BCUT2D eigenvalue weighted by molar-refractivity contribution is 0.220. The third-order valence-electron chi connectivity index (χ3n) is 5.17. The maximum Gasteiger partial charge on any atom is 0.0991 e. The van der Waals surface area contributed by atoms with Gasteiger partial charge in [-0.15, -0.1) is 12.6 Å². The molecule has 1 atom stereocenters. The minimum atomic E-state index is 0.681. The first kappa shape index (κ1) is 18.8. The summed E-state index contributed by atoms with van der Waals surface area (Å²) in [4.78, 5) is 6.07. The molecule has 26 heavy (non-hydrogen) atoms. The van der Waals surface area contributed by atoms with Crippen molar-refractivity contribution in [1.29, 1.82) is 5.26 Å². The molecular formula is C22H27N3S. The van der Waals surface area contributed by atoms with Crippen molar-refractivity contribution in [3.05, 3.63) is 59.7 Å². The molecule has 0 saturated carbocycles. The van der Waals surface area contributed by atoms with Crippen molar-refractivity contribution < 1.29 is 0 Å². The Morgan fingerprint density at radius 1 is 1.00 bits per heavy atom. The molecule has 0 aliphatic carbocycles. The highest BCUT2D eigenvalue weighted by atomic mass is 32.1. The molecule has 0 amide bonds. The summed E-state index contributed by atoms with van der Waals surface area (Å²) in [6.45, 7) is 7.96. The van der Waals surface area contributed by atoms with E-state index in [2.05, 4.69) is 71.8 Å². The first-order valence-corrected chi connectivity index (χ1v) is 9.84. The Bertz CT molecular complexity index is 725. The van der Waals surface area contributed by atoms with Gasteiger partial charge in [0.15, 0.2) is 0 Å². The van der Waals surface area contributed by atoms with E-state index in [9.17, 15) is 0 Å². The zero-order valence-electron chi connectivity index (χ0n) is 15.4. The van der Waals surface area contributed by atoms with Crippen LogP contribution < -0.4 is 4.90 Å². The number of nitriles is 1. The van der Waals surface area contributed by atoms with E-state index in [4.69, 9.17) is 5.26 Å². The number of aryl methyl sites for hydroxylation is 1. The van der Waals surface area contributed by atoms with Gasteiger partial charge in [-0.05, 0) is 60.7 Å². The zero-order valence-corrected chi connectivity index (χ0v) is 16.3. The van der Waals surface area contributed by atoms with Gasteiger partial charge in [-0.25, -0.2) is 0 Å². The summed E-state index contributed by atoms with van der Waals surface area (Å²) in [6.07, 6.45) is 2.28. The number of hydrogen-bond donors (Lipinski definition) is 1. The normalized spacial score (nSPS) is 16.3. The van der Waals surface area contributed by atoms with Crippen LogP contribution in [0.2, 0.25) is 0 Å². The minimum Gasteiger partial charge on any atom is -0.369 e. The van der Waals surface area contributed by atoms with E-state index in [1.165, 1.54) is 24.2 Å². The van der Waals surface area contributed by atoms with E-state index in [0.717, 1.165) is 43.1 Å². The number of benzene rings is 2. The van der Waals surface area contributed by atoms with Crippen LogP contribution in [0.15, 0.2) is 53.4 Å². The lowest BCUT2D eigenvalue weighted by atomic mass is 9.99. The number of anilines is 1. The average molecular weight is 366 g/mol. The van der Waals surface area contributed by atoms with Gasteiger partial charge in [-0.3, -0.25) is 4.90 Å². The molecule has 0 spiro atoms. The minimum absolute atomic E-state index is 0.681. The van der Waals surface area contributed by atoms with E-state index in [1.807, 2.05) is 12.1 Å². The molecular weight excluding hydrogens is 338 g/mol. The number of rotatable bonds is 6. The molecule has 1 aliphatic rings. The fourth-order valence-electron chi connectivity index (χ4n) is 3.54. The smallest absolute Gasteiger partial charge is 0.0991 e. The molecule has 1 heterocycles. The van der Waals surface area contributed by atoms with Crippen molar-refractivity contribution in [3.8, 4) is 6.07 Å². The fourth-order valence-corrected chi connectivity index (χ4v) is 3.69. The molecule has 2 aromatic rings. The van der Waals surface area contributed by atoms with Crippen molar-refractivity contribution >= 4 is 18.3 Å². The van der Waals surface area contributed by atoms with Crippen molar-refractivity contribution in [2.24, 2.45) is 5.92 Å². The molecule has 1 saturated heterocycles. The second kappa shape index (κ2) is 9.12. The van der Waals surface area contributed by atoms with Gasteiger partial charge < -0.3 is 4.90 Å². The molecule has 0 N–H and O–H groups in total. The van der Waals surface area contributed by atoms with E-state index < -0.39 is 0 Å². The maximum absolute atomic E-state index is 8.87. The van der Waals surface area contributed by atoms with Gasteiger partial charge >= 0.3 is 0 Å². The van der Waals surface area contributed by atoms with E-state index >= 15 is 0 Å². The summed E-state index contributed by atoms with van der Waals surface area (Å²) in [5.41, 5.74) is 3.37. The Kier molecular flexibility index (Phi) is 6.60. The molecule has 0 radical (unpaired) electrons. The number of nitrogens with zero attached hydrogens (tertiary/aromatic N) is 3. The van der Waals surface area contributed by atoms with Gasteiger partial charge in [-0.1, -0.05) is 19.1 Å². The van der Waals surface area contributed by atoms with E-state index in [-0.39, 0.29) is 0 Å². The zero-order chi connectivity index (χ0) is 18.4. The summed E-state index contributed by atoms with van der Waals surface area (Å²) in [5, 5.41) is 8.87. The van der Waals surface area contributed by atoms with Crippen LogP contribution in [0.5, 0.6) is 0 Å². The van der Waals surface area contributed by atoms with Crippen LogP contribution in [0.1, 0.15) is 24.5 Å². The highest BCUT2D eigenvalue weighted by Gasteiger charge is 2.18. The first-order valence-electron chi connectivity index (χ1n) is 9.39. The summed E-state index contributed by atoms with van der Waals surface area (Å²) >= 11 is 4.36. The Morgan fingerprint density at radius 3 is 2.27 bits per heavy atom. The second-order valence-corrected chi connectivity index (χ2v) is 7.77.